The van der Waals surface area contributed by atoms with Crippen molar-refractivity contribution in [1.82, 2.24) is 19.7 Å². The number of rotatable bonds is 10. The number of nitrogens with one attached hydrogen (secondary N) is 1. The number of likely N-dealkylation sites (N-methyl/N-ethyl adjacent to an activating group) is 2. The molecule has 7 heteroatoms. The molecule has 0 aliphatic rings. The van der Waals surface area contributed by atoms with Crippen molar-refractivity contribution in [3.63, 3.8) is 0 Å². The van der Waals surface area contributed by atoms with Gasteiger partial charge < -0.3 is 19.7 Å². The SMILES string of the molecule is CCNC(=NCCCCn1ccccc1=O)N(C)CC(=O)N(CC)CC. The second-order valence-corrected chi connectivity index (χ2v) is 6.10. The Hall–Kier alpha value is -2.31. The minimum atomic E-state index is 0.0268. The molecule has 1 heterocycles. The summed E-state index contributed by atoms with van der Waals surface area (Å²) >= 11 is 0. The van der Waals surface area contributed by atoms with Crippen molar-refractivity contribution in [2.24, 2.45) is 4.99 Å². The van der Waals surface area contributed by atoms with Crippen LogP contribution in [0.25, 0.3) is 0 Å². The van der Waals surface area contributed by atoms with Gasteiger partial charge in [0.15, 0.2) is 5.96 Å². The molecule has 1 N–H and O–H groups in total. The molecule has 26 heavy (non-hydrogen) atoms. The van der Waals surface area contributed by atoms with Gasteiger partial charge in [0.1, 0.15) is 0 Å². The minimum Gasteiger partial charge on any atom is -0.357 e. The Morgan fingerprint density at radius 3 is 2.54 bits per heavy atom. The van der Waals surface area contributed by atoms with E-state index in [0.29, 0.717) is 19.6 Å². The molecule has 0 radical (unpaired) electrons. The van der Waals surface area contributed by atoms with Crippen LogP contribution in [0.2, 0.25) is 0 Å². The number of pyridine rings is 1. The molecule has 0 fully saturated rings. The second-order valence-electron chi connectivity index (χ2n) is 6.10. The number of aryl methyl sites for hydroxylation is 1. The Balaban J connectivity index is 2.50. The smallest absolute Gasteiger partial charge is 0.250 e. The Morgan fingerprint density at radius 1 is 1.19 bits per heavy atom. The third-order valence-corrected chi connectivity index (χ3v) is 4.15. The first-order valence-electron chi connectivity index (χ1n) is 9.46. The molecule has 1 aromatic heterocycles. The zero-order chi connectivity index (χ0) is 19.4. The van der Waals surface area contributed by atoms with Gasteiger partial charge in [0.2, 0.25) is 11.5 Å². The van der Waals surface area contributed by atoms with Crippen LogP contribution in [0.4, 0.5) is 0 Å². The van der Waals surface area contributed by atoms with Gasteiger partial charge in [-0.1, -0.05) is 6.07 Å². The Morgan fingerprint density at radius 2 is 1.92 bits per heavy atom. The molecule has 146 valence electrons. The fraction of sp³-hybridized carbons (Fsp3) is 0.632. The van der Waals surface area contributed by atoms with Gasteiger partial charge in [0, 0.05) is 52.0 Å². The maximum atomic E-state index is 12.3. The first-order valence-corrected chi connectivity index (χ1v) is 9.46. The number of nitrogens with zero attached hydrogens (tertiary/aromatic N) is 4. The van der Waals surface area contributed by atoms with Gasteiger partial charge in [0.05, 0.1) is 6.54 Å². The highest BCUT2D eigenvalue weighted by molar-refractivity contribution is 5.86. The van der Waals surface area contributed by atoms with Crippen molar-refractivity contribution in [3.05, 3.63) is 34.7 Å². The summed E-state index contributed by atoms with van der Waals surface area (Å²) < 4.78 is 1.71. The van der Waals surface area contributed by atoms with E-state index < -0.39 is 0 Å². The average Bonchev–Trinajstić information content (AvgIpc) is 2.63. The molecule has 1 rings (SSSR count). The van der Waals surface area contributed by atoms with E-state index in [1.807, 2.05) is 49.9 Å². The number of unbranched alkanes of at least 4 members (excludes halogenated alkanes) is 1. The molecule has 0 spiro atoms. The summed E-state index contributed by atoms with van der Waals surface area (Å²) in [5, 5.41) is 3.23. The lowest BCUT2D eigenvalue weighted by Gasteiger charge is -2.25. The standard InChI is InChI=1S/C19H33N5O2/c1-5-20-19(22(4)16-18(26)23(6-2)7-3)21-13-9-11-15-24-14-10-8-12-17(24)25/h8,10,12,14H,5-7,9,11,13,15-16H2,1-4H3,(H,20,21). The van der Waals surface area contributed by atoms with E-state index in [0.717, 1.165) is 38.4 Å². The van der Waals surface area contributed by atoms with Crippen molar-refractivity contribution in [3.8, 4) is 0 Å². The maximum Gasteiger partial charge on any atom is 0.250 e. The summed E-state index contributed by atoms with van der Waals surface area (Å²) in [6.45, 7) is 9.84. The predicted molar refractivity (Wildman–Crippen MR) is 106 cm³/mol. The lowest BCUT2D eigenvalue weighted by Crippen LogP contribution is -2.45. The quantitative estimate of drug-likeness (QED) is 0.387. The highest BCUT2D eigenvalue weighted by atomic mass is 16.2. The molecule has 1 amide bonds. The zero-order valence-electron chi connectivity index (χ0n) is 16.6. The largest absolute Gasteiger partial charge is 0.357 e. The van der Waals surface area contributed by atoms with Crippen LogP contribution in [-0.4, -0.2) is 66.0 Å². The maximum absolute atomic E-state index is 12.3. The average molecular weight is 364 g/mol. The molecular formula is C19H33N5O2. The molecule has 0 aliphatic carbocycles. The molecule has 7 nitrogen and oxygen atoms in total. The van der Waals surface area contributed by atoms with Gasteiger partial charge in [0.25, 0.3) is 0 Å². The van der Waals surface area contributed by atoms with Crippen molar-refractivity contribution in [2.45, 2.75) is 40.2 Å². The fourth-order valence-corrected chi connectivity index (χ4v) is 2.65. The molecule has 0 unspecified atom stereocenters. The third-order valence-electron chi connectivity index (χ3n) is 4.15. The highest BCUT2D eigenvalue weighted by Gasteiger charge is 2.14. The lowest BCUT2D eigenvalue weighted by molar-refractivity contribution is -0.131. The van der Waals surface area contributed by atoms with E-state index in [1.165, 1.54) is 0 Å². The van der Waals surface area contributed by atoms with Crippen molar-refractivity contribution in [1.29, 1.82) is 0 Å². The molecule has 0 atom stereocenters. The monoisotopic (exact) mass is 363 g/mol. The van der Waals surface area contributed by atoms with E-state index in [1.54, 1.807) is 16.7 Å². The first-order chi connectivity index (χ1) is 12.5. The number of guanidine groups is 1. The third kappa shape index (κ3) is 7.29. The van der Waals surface area contributed by atoms with E-state index >= 15 is 0 Å². The topological polar surface area (TPSA) is 69.9 Å². The Kier molecular flexibility index (Phi) is 10.1. The van der Waals surface area contributed by atoms with Gasteiger partial charge in [-0.05, 0) is 39.7 Å². The van der Waals surface area contributed by atoms with Crippen molar-refractivity contribution < 1.29 is 4.79 Å². The molecule has 0 bridgehead atoms. The van der Waals surface area contributed by atoms with Gasteiger partial charge in [-0.25, -0.2) is 0 Å². The summed E-state index contributed by atoms with van der Waals surface area (Å²) in [7, 11) is 1.88. The summed E-state index contributed by atoms with van der Waals surface area (Å²) in [6, 6.07) is 5.19. The van der Waals surface area contributed by atoms with Crippen LogP contribution in [0.3, 0.4) is 0 Å². The van der Waals surface area contributed by atoms with Gasteiger partial charge in [-0.2, -0.15) is 0 Å². The highest BCUT2D eigenvalue weighted by Crippen LogP contribution is 1.97. The number of hydrogen-bond donors (Lipinski definition) is 1. The number of amides is 1. The molecule has 0 saturated carbocycles. The first kappa shape index (κ1) is 21.7. The number of carbonyl (C=O) groups excluding carboxylic acids is 1. The molecule has 0 aromatic carbocycles. The lowest BCUT2D eigenvalue weighted by atomic mass is 10.3. The van der Waals surface area contributed by atoms with Gasteiger partial charge in [-0.15, -0.1) is 0 Å². The van der Waals surface area contributed by atoms with E-state index in [9.17, 15) is 9.59 Å². The summed E-state index contributed by atoms with van der Waals surface area (Å²) in [5.74, 6) is 0.844. The van der Waals surface area contributed by atoms with Crippen molar-refractivity contribution >= 4 is 11.9 Å². The van der Waals surface area contributed by atoms with E-state index in [4.69, 9.17) is 0 Å². The van der Waals surface area contributed by atoms with Crippen LogP contribution in [0, 0.1) is 0 Å². The van der Waals surface area contributed by atoms with E-state index in [-0.39, 0.29) is 11.5 Å². The summed E-state index contributed by atoms with van der Waals surface area (Å²) in [6.07, 6.45) is 3.57. The van der Waals surface area contributed by atoms with Crippen molar-refractivity contribution in [2.75, 3.05) is 39.8 Å². The Labute approximate surface area is 156 Å². The van der Waals surface area contributed by atoms with Crippen LogP contribution in [0.5, 0.6) is 0 Å². The van der Waals surface area contributed by atoms with Crippen LogP contribution in [-0.2, 0) is 11.3 Å². The minimum absolute atomic E-state index is 0.0268. The number of hydrogen-bond acceptors (Lipinski definition) is 3. The van der Waals surface area contributed by atoms with E-state index in [2.05, 4.69) is 10.3 Å². The molecule has 1 aromatic rings. The zero-order valence-corrected chi connectivity index (χ0v) is 16.6. The predicted octanol–water partition coefficient (Wildman–Crippen LogP) is 1.39. The van der Waals surface area contributed by atoms with Crippen LogP contribution < -0.4 is 10.9 Å². The number of aromatic nitrogens is 1. The normalized spacial score (nSPS) is 11.3. The summed E-state index contributed by atoms with van der Waals surface area (Å²) in [5.41, 5.74) is 0.0268. The summed E-state index contributed by atoms with van der Waals surface area (Å²) in [4.78, 5) is 32.2. The molecular weight excluding hydrogens is 330 g/mol. The second kappa shape index (κ2) is 12.1. The van der Waals surface area contributed by atoms with Crippen LogP contribution in [0.1, 0.15) is 33.6 Å². The van der Waals surface area contributed by atoms with Crippen LogP contribution >= 0.6 is 0 Å². The number of carbonyl (C=O) groups is 1. The van der Waals surface area contributed by atoms with Gasteiger partial charge >= 0.3 is 0 Å². The molecule has 0 aliphatic heterocycles. The fourth-order valence-electron chi connectivity index (χ4n) is 2.65. The Bertz CT molecular complexity index is 622. The number of aliphatic imine (C=N–C) groups is 1. The van der Waals surface area contributed by atoms with Gasteiger partial charge in [-0.3, -0.25) is 14.6 Å². The molecule has 0 saturated heterocycles. The van der Waals surface area contributed by atoms with Crippen LogP contribution in [0.15, 0.2) is 34.2 Å².